The second kappa shape index (κ2) is 9.78. The van der Waals surface area contributed by atoms with Crippen molar-refractivity contribution in [2.75, 3.05) is 26.8 Å². The van der Waals surface area contributed by atoms with Gasteiger partial charge in [0.15, 0.2) is 24.2 Å². The number of para-hydroxylation sites is 2. The molecule has 0 bridgehead atoms. The largest absolute Gasteiger partial charge is 0.486 e. The van der Waals surface area contributed by atoms with Gasteiger partial charge in [0.2, 0.25) is 0 Å². The number of hydrogen-bond acceptors (Lipinski definition) is 6. The number of nitrogens with one attached hydrogen (secondary N) is 1. The van der Waals surface area contributed by atoms with Crippen LogP contribution in [0.15, 0.2) is 54.6 Å². The number of likely N-dealkylation sites (N-methyl/N-ethyl adjacent to an activating group) is 1. The van der Waals surface area contributed by atoms with E-state index in [1.165, 1.54) is 11.8 Å². The molecule has 0 saturated heterocycles. The number of fused-ring (bicyclic) bond motifs is 1. The van der Waals surface area contributed by atoms with Crippen LogP contribution in [-0.2, 0) is 14.3 Å². The second-order valence-electron chi connectivity index (χ2n) is 6.94. The summed E-state index contributed by atoms with van der Waals surface area (Å²) in [5, 5.41) is 2.55. The molecule has 1 aliphatic heterocycles. The number of esters is 1. The Labute approximate surface area is 174 Å². The van der Waals surface area contributed by atoms with E-state index in [2.05, 4.69) is 5.32 Å². The monoisotopic (exact) mass is 412 g/mol. The maximum absolute atomic E-state index is 12.3. The molecule has 2 aromatic rings. The summed E-state index contributed by atoms with van der Waals surface area (Å²) in [6.45, 7) is 1.68. The minimum absolute atomic E-state index is 0.283. The van der Waals surface area contributed by atoms with Crippen LogP contribution >= 0.6 is 0 Å². The number of benzene rings is 2. The van der Waals surface area contributed by atoms with E-state index >= 15 is 0 Å². The topological polar surface area (TPSA) is 94.2 Å². The molecule has 8 heteroatoms. The molecular weight excluding hydrogens is 388 g/mol. The van der Waals surface area contributed by atoms with Gasteiger partial charge in [-0.1, -0.05) is 30.3 Å². The van der Waals surface area contributed by atoms with Crippen LogP contribution in [0.5, 0.6) is 11.5 Å². The minimum atomic E-state index is -0.887. The van der Waals surface area contributed by atoms with Crippen LogP contribution in [0.2, 0.25) is 0 Å². The smallest absolute Gasteiger partial charge is 0.328 e. The predicted octanol–water partition coefficient (Wildman–Crippen LogP) is 1.65. The van der Waals surface area contributed by atoms with E-state index in [1.54, 1.807) is 43.4 Å². The number of hydrogen-bond donors (Lipinski definition) is 1. The predicted molar refractivity (Wildman–Crippen MR) is 108 cm³/mol. The van der Waals surface area contributed by atoms with Crippen LogP contribution in [-0.4, -0.2) is 61.6 Å². The summed E-state index contributed by atoms with van der Waals surface area (Å²) in [5.41, 5.74) is 0.434. The Morgan fingerprint density at radius 2 is 1.77 bits per heavy atom. The molecule has 3 rings (SSSR count). The summed E-state index contributed by atoms with van der Waals surface area (Å²) in [4.78, 5) is 37.9. The van der Waals surface area contributed by atoms with Crippen molar-refractivity contribution in [3.05, 3.63) is 60.2 Å². The van der Waals surface area contributed by atoms with Crippen LogP contribution in [0.4, 0.5) is 0 Å². The normalized spacial score (nSPS) is 15.6. The lowest BCUT2D eigenvalue weighted by Crippen LogP contribution is -2.44. The van der Waals surface area contributed by atoms with Crippen molar-refractivity contribution in [3.8, 4) is 11.5 Å². The van der Waals surface area contributed by atoms with E-state index in [9.17, 15) is 14.4 Å². The van der Waals surface area contributed by atoms with Crippen molar-refractivity contribution in [2.45, 2.75) is 19.1 Å². The summed E-state index contributed by atoms with van der Waals surface area (Å²) in [6.07, 6.45) is -0.325. The Kier molecular flexibility index (Phi) is 6.90. The van der Waals surface area contributed by atoms with Gasteiger partial charge in [-0.05, 0) is 31.2 Å². The van der Waals surface area contributed by atoms with Gasteiger partial charge < -0.3 is 24.4 Å². The lowest BCUT2D eigenvalue weighted by Gasteiger charge is -2.29. The third-order valence-corrected chi connectivity index (χ3v) is 4.55. The highest BCUT2D eigenvalue weighted by molar-refractivity contribution is 5.96. The van der Waals surface area contributed by atoms with Crippen molar-refractivity contribution >= 4 is 17.8 Å². The van der Waals surface area contributed by atoms with E-state index in [1.807, 2.05) is 18.2 Å². The number of nitrogens with zero attached hydrogens (tertiary/aromatic N) is 1. The first kappa shape index (κ1) is 21.2. The van der Waals surface area contributed by atoms with Crippen molar-refractivity contribution in [1.82, 2.24) is 10.2 Å². The Bertz CT molecular complexity index is 902. The quantitative estimate of drug-likeness (QED) is 0.695. The van der Waals surface area contributed by atoms with E-state index in [0.29, 0.717) is 23.7 Å². The van der Waals surface area contributed by atoms with Gasteiger partial charge in [0.25, 0.3) is 11.8 Å². The first-order chi connectivity index (χ1) is 14.4. The lowest BCUT2D eigenvalue weighted by atomic mass is 10.2. The zero-order chi connectivity index (χ0) is 21.5. The number of rotatable bonds is 7. The fourth-order valence-corrected chi connectivity index (χ4v) is 2.86. The SMILES string of the molecule is C[C@H](NC(=O)c1ccccc1)C(=O)OCC(=O)N(C)CC1COc2ccccc2O1. The maximum atomic E-state index is 12.3. The molecular formula is C22H24N2O6. The van der Waals surface area contributed by atoms with Crippen LogP contribution in [0, 0.1) is 0 Å². The van der Waals surface area contributed by atoms with Crippen LogP contribution in [0.25, 0.3) is 0 Å². The summed E-state index contributed by atoms with van der Waals surface area (Å²) < 4.78 is 16.5. The van der Waals surface area contributed by atoms with Crippen molar-refractivity contribution in [1.29, 1.82) is 0 Å². The molecule has 1 N–H and O–H groups in total. The zero-order valence-corrected chi connectivity index (χ0v) is 16.9. The molecule has 30 heavy (non-hydrogen) atoms. The third kappa shape index (κ3) is 5.50. The van der Waals surface area contributed by atoms with Crippen molar-refractivity contribution < 1.29 is 28.6 Å². The van der Waals surface area contributed by atoms with Crippen molar-refractivity contribution in [2.24, 2.45) is 0 Å². The molecule has 8 nitrogen and oxygen atoms in total. The highest BCUT2D eigenvalue weighted by Gasteiger charge is 2.25. The van der Waals surface area contributed by atoms with Gasteiger partial charge in [-0.15, -0.1) is 0 Å². The van der Waals surface area contributed by atoms with E-state index in [4.69, 9.17) is 14.2 Å². The molecule has 2 atom stereocenters. The molecule has 0 radical (unpaired) electrons. The fourth-order valence-electron chi connectivity index (χ4n) is 2.86. The van der Waals surface area contributed by atoms with Gasteiger partial charge in [0, 0.05) is 12.6 Å². The summed E-state index contributed by atoms with van der Waals surface area (Å²) in [7, 11) is 1.60. The van der Waals surface area contributed by atoms with Gasteiger partial charge in [-0.2, -0.15) is 0 Å². The average Bonchev–Trinajstić information content (AvgIpc) is 2.77. The fraction of sp³-hybridized carbons (Fsp3) is 0.318. The number of amides is 2. The van der Waals surface area contributed by atoms with E-state index in [-0.39, 0.29) is 18.6 Å². The molecule has 158 valence electrons. The van der Waals surface area contributed by atoms with E-state index in [0.717, 1.165) is 0 Å². The molecule has 0 spiro atoms. The maximum Gasteiger partial charge on any atom is 0.328 e. The standard InChI is InChI=1S/C22H24N2O6/c1-15(23-21(26)16-8-4-3-5-9-16)22(27)29-14-20(25)24(2)12-17-13-28-18-10-6-7-11-19(18)30-17/h3-11,15,17H,12-14H2,1-2H3,(H,23,26)/t15-,17?/m0/s1. The number of carbonyl (C=O) groups is 3. The highest BCUT2D eigenvalue weighted by Crippen LogP contribution is 2.30. The molecule has 0 saturated carbocycles. The van der Waals surface area contributed by atoms with Gasteiger partial charge in [-0.3, -0.25) is 9.59 Å². The van der Waals surface area contributed by atoms with Crippen LogP contribution in [0.3, 0.4) is 0 Å². The zero-order valence-electron chi connectivity index (χ0n) is 16.9. The summed E-state index contributed by atoms with van der Waals surface area (Å²) in [6, 6.07) is 15.0. The number of ether oxygens (including phenoxy) is 3. The first-order valence-electron chi connectivity index (χ1n) is 9.59. The molecule has 1 unspecified atom stereocenters. The van der Waals surface area contributed by atoms with Gasteiger partial charge >= 0.3 is 5.97 Å². The first-order valence-corrected chi connectivity index (χ1v) is 9.59. The average molecular weight is 412 g/mol. The minimum Gasteiger partial charge on any atom is -0.486 e. The summed E-state index contributed by atoms with van der Waals surface area (Å²) in [5.74, 6) is -0.162. The van der Waals surface area contributed by atoms with Crippen LogP contribution < -0.4 is 14.8 Å². The van der Waals surface area contributed by atoms with Gasteiger partial charge in [0.1, 0.15) is 12.6 Å². The lowest BCUT2D eigenvalue weighted by molar-refractivity contribution is -0.153. The molecule has 1 aliphatic rings. The molecule has 0 aromatic heterocycles. The molecule has 1 heterocycles. The van der Waals surface area contributed by atoms with Crippen molar-refractivity contribution in [3.63, 3.8) is 0 Å². The highest BCUT2D eigenvalue weighted by atomic mass is 16.6. The third-order valence-electron chi connectivity index (χ3n) is 4.55. The van der Waals surface area contributed by atoms with Crippen LogP contribution in [0.1, 0.15) is 17.3 Å². The molecule has 2 amide bonds. The molecule has 2 aromatic carbocycles. The Hall–Kier alpha value is -3.55. The number of carbonyl (C=O) groups excluding carboxylic acids is 3. The Balaban J connectivity index is 1.42. The second-order valence-corrected chi connectivity index (χ2v) is 6.94. The summed E-state index contributed by atoms with van der Waals surface area (Å²) >= 11 is 0. The Morgan fingerprint density at radius 1 is 1.10 bits per heavy atom. The molecule has 0 fully saturated rings. The van der Waals surface area contributed by atoms with Gasteiger partial charge in [0.05, 0.1) is 6.54 Å². The van der Waals surface area contributed by atoms with Gasteiger partial charge in [-0.25, -0.2) is 4.79 Å². The Morgan fingerprint density at radius 3 is 2.50 bits per heavy atom. The molecule has 0 aliphatic carbocycles. The van der Waals surface area contributed by atoms with E-state index < -0.39 is 24.5 Å².